The molecule has 10 heteroatoms. The Hall–Kier alpha value is -2.49. The maximum atomic E-state index is 12.7. The third-order valence-electron chi connectivity index (χ3n) is 4.58. The maximum absolute atomic E-state index is 12.7. The molecule has 3 heterocycles. The Morgan fingerprint density at radius 1 is 1.27 bits per heavy atom. The molecule has 0 radical (unpaired) electrons. The summed E-state index contributed by atoms with van der Waals surface area (Å²) in [7, 11) is 0. The molecule has 3 rings (SSSR count). The molecule has 1 saturated heterocycles. The number of rotatable bonds is 5. The summed E-state index contributed by atoms with van der Waals surface area (Å²) in [5.74, 6) is -0.224. The topological polar surface area (TPSA) is 127 Å². The molecule has 0 saturated carbocycles. The summed E-state index contributed by atoms with van der Waals surface area (Å²) in [6.45, 7) is 7.22. The van der Waals surface area contributed by atoms with Crippen molar-refractivity contribution >= 4 is 17.5 Å². The molecule has 1 aromatic heterocycles. The van der Waals surface area contributed by atoms with Crippen LogP contribution >= 0.6 is 0 Å². The molecule has 0 aromatic carbocycles. The summed E-state index contributed by atoms with van der Waals surface area (Å²) in [6.07, 6.45) is 0.884. The number of carbonyl (C=O) groups is 2. The fraction of sp³-hybridized carbons (Fsp3) is 0.688. The Bertz CT molecular complexity index is 701. The molecule has 1 unspecified atom stereocenters. The summed E-state index contributed by atoms with van der Waals surface area (Å²) in [5.41, 5.74) is 6.05. The number of nitrogens with two attached hydrogens (primary N) is 1. The Kier molecular flexibility index (Phi) is 5.50. The molecule has 1 aromatic rings. The van der Waals surface area contributed by atoms with Gasteiger partial charge in [0.1, 0.15) is 0 Å². The molecule has 1 atom stereocenters. The zero-order valence-corrected chi connectivity index (χ0v) is 15.1. The van der Waals surface area contributed by atoms with Crippen LogP contribution < -0.4 is 5.73 Å². The van der Waals surface area contributed by atoms with Gasteiger partial charge in [0.15, 0.2) is 0 Å². The quantitative estimate of drug-likeness (QED) is 0.779. The second-order valence-corrected chi connectivity index (χ2v) is 6.87. The monoisotopic (exact) mass is 364 g/mol. The number of oxime groups is 1. The molecule has 1 fully saturated rings. The van der Waals surface area contributed by atoms with Gasteiger partial charge in [0.2, 0.25) is 12.0 Å². The molecule has 2 N–H and O–H groups in total. The van der Waals surface area contributed by atoms with Gasteiger partial charge in [0.25, 0.3) is 17.6 Å². The van der Waals surface area contributed by atoms with Crippen LogP contribution in [0.3, 0.4) is 0 Å². The fourth-order valence-electron chi connectivity index (χ4n) is 3.03. The molecular formula is C16H24N6O4. The highest BCUT2D eigenvalue weighted by Gasteiger charge is 2.33. The largest absolute Gasteiger partial charge is 0.382 e. The Balaban J connectivity index is 1.51. The van der Waals surface area contributed by atoms with Gasteiger partial charge in [-0.3, -0.25) is 14.5 Å². The Labute approximate surface area is 151 Å². The predicted octanol–water partition coefficient (Wildman–Crippen LogP) is 0.00370. The number of amides is 2. The molecule has 0 spiro atoms. The van der Waals surface area contributed by atoms with Crippen molar-refractivity contribution < 1.29 is 18.9 Å². The van der Waals surface area contributed by atoms with Crippen molar-refractivity contribution in [2.45, 2.75) is 39.3 Å². The molecule has 0 aliphatic carbocycles. The lowest BCUT2D eigenvalue weighted by Crippen LogP contribution is -2.41. The maximum Gasteiger partial charge on any atom is 0.290 e. The minimum absolute atomic E-state index is 0.0138. The highest BCUT2D eigenvalue weighted by atomic mass is 16.6. The number of primary amides is 1. The minimum Gasteiger partial charge on any atom is -0.382 e. The van der Waals surface area contributed by atoms with Gasteiger partial charge in [-0.15, -0.1) is 0 Å². The minimum atomic E-state index is -0.716. The normalized spacial score (nSPS) is 21.4. The van der Waals surface area contributed by atoms with Crippen molar-refractivity contribution in [3.8, 4) is 0 Å². The van der Waals surface area contributed by atoms with Crippen molar-refractivity contribution in [2.75, 3.05) is 26.2 Å². The van der Waals surface area contributed by atoms with E-state index in [9.17, 15) is 9.59 Å². The lowest BCUT2D eigenvalue weighted by Gasteiger charge is -2.23. The van der Waals surface area contributed by atoms with E-state index in [0.29, 0.717) is 38.5 Å². The van der Waals surface area contributed by atoms with E-state index in [4.69, 9.17) is 15.1 Å². The average molecular weight is 364 g/mol. The smallest absolute Gasteiger partial charge is 0.290 e. The second kappa shape index (κ2) is 7.81. The zero-order chi connectivity index (χ0) is 18.7. The van der Waals surface area contributed by atoms with Crippen LogP contribution in [0.15, 0.2) is 9.68 Å². The van der Waals surface area contributed by atoms with Crippen molar-refractivity contribution in [2.24, 2.45) is 16.8 Å². The van der Waals surface area contributed by atoms with Gasteiger partial charge in [-0.2, -0.15) is 4.98 Å². The van der Waals surface area contributed by atoms with Gasteiger partial charge in [-0.25, -0.2) is 0 Å². The second-order valence-electron chi connectivity index (χ2n) is 6.87. The van der Waals surface area contributed by atoms with Crippen LogP contribution in [-0.2, 0) is 16.2 Å². The number of aromatic nitrogens is 2. The SMILES string of the molecule is CC(C)C1=NOC(C(=O)N2CCCN(Cc3nc(C(N)=O)no3)CC2)C1. The number of hydrogen-bond donors (Lipinski definition) is 1. The van der Waals surface area contributed by atoms with E-state index in [1.54, 1.807) is 0 Å². The number of hydrogen-bond acceptors (Lipinski definition) is 8. The first-order valence-corrected chi connectivity index (χ1v) is 8.80. The van der Waals surface area contributed by atoms with E-state index in [-0.39, 0.29) is 17.6 Å². The Morgan fingerprint density at radius 3 is 2.73 bits per heavy atom. The average Bonchev–Trinajstić information content (AvgIpc) is 3.21. The van der Waals surface area contributed by atoms with Crippen molar-refractivity contribution in [3.63, 3.8) is 0 Å². The van der Waals surface area contributed by atoms with Crippen LogP contribution in [0, 0.1) is 5.92 Å². The van der Waals surface area contributed by atoms with Crippen LogP contribution in [0.4, 0.5) is 0 Å². The molecule has 0 bridgehead atoms. The highest BCUT2D eigenvalue weighted by molar-refractivity contribution is 5.93. The summed E-state index contributed by atoms with van der Waals surface area (Å²) < 4.78 is 5.04. The van der Waals surface area contributed by atoms with Crippen LogP contribution in [0.25, 0.3) is 0 Å². The third kappa shape index (κ3) is 4.18. The Morgan fingerprint density at radius 2 is 2.08 bits per heavy atom. The third-order valence-corrected chi connectivity index (χ3v) is 4.58. The standard InChI is InChI=1S/C16H24N6O4/c1-10(2)11-8-12(25-19-11)16(24)22-5-3-4-21(6-7-22)9-13-18-15(14(17)23)20-26-13/h10,12H,3-9H2,1-2H3,(H2,17,23). The lowest BCUT2D eigenvalue weighted by atomic mass is 10.0. The van der Waals surface area contributed by atoms with Gasteiger partial charge in [0, 0.05) is 32.6 Å². The first-order chi connectivity index (χ1) is 12.4. The van der Waals surface area contributed by atoms with E-state index < -0.39 is 12.0 Å². The van der Waals surface area contributed by atoms with Crippen LogP contribution in [0.5, 0.6) is 0 Å². The first kappa shape index (κ1) is 18.3. The first-order valence-electron chi connectivity index (χ1n) is 8.80. The van der Waals surface area contributed by atoms with Crippen LogP contribution in [0.2, 0.25) is 0 Å². The fourth-order valence-corrected chi connectivity index (χ4v) is 3.03. The van der Waals surface area contributed by atoms with Crippen LogP contribution in [-0.4, -0.2) is 69.7 Å². The van der Waals surface area contributed by atoms with Crippen LogP contribution in [0.1, 0.15) is 43.2 Å². The van der Waals surface area contributed by atoms with E-state index in [1.807, 2.05) is 18.7 Å². The van der Waals surface area contributed by atoms with Gasteiger partial charge in [0.05, 0.1) is 12.3 Å². The molecule has 2 aliphatic rings. The molecule has 2 amide bonds. The molecule has 2 aliphatic heterocycles. The van der Waals surface area contributed by atoms with E-state index in [2.05, 4.69) is 20.2 Å². The van der Waals surface area contributed by atoms with Crippen molar-refractivity contribution in [1.82, 2.24) is 19.9 Å². The number of nitrogens with zero attached hydrogens (tertiary/aromatic N) is 5. The lowest BCUT2D eigenvalue weighted by molar-refractivity contribution is -0.141. The van der Waals surface area contributed by atoms with E-state index in [0.717, 1.165) is 18.7 Å². The molecule has 10 nitrogen and oxygen atoms in total. The van der Waals surface area contributed by atoms with E-state index >= 15 is 0 Å². The van der Waals surface area contributed by atoms with Gasteiger partial charge in [-0.05, 0) is 12.3 Å². The molecular weight excluding hydrogens is 340 g/mol. The van der Waals surface area contributed by atoms with Gasteiger partial charge < -0.3 is 20.0 Å². The number of carbonyl (C=O) groups excluding carboxylic acids is 2. The van der Waals surface area contributed by atoms with Gasteiger partial charge in [-0.1, -0.05) is 24.2 Å². The van der Waals surface area contributed by atoms with E-state index in [1.165, 1.54) is 0 Å². The highest BCUT2D eigenvalue weighted by Crippen LogP contribution is 2.19. The zero-order valence-electron chi connectivity index (χ0n) is 15.1. The predicted molar refractivity (Wildman–Crippen MR) is 91.1 cm³/mol. The van der Waals surface area contributed by atoms with Crippen molar-refractivity contribution in [3.05, 3.63) is 11.7 Å². The van der Waals surface area contributed by atoms with Gasteiger partial charge >= 0.3 is 0 Å². The molecule has 26 heavy (non-hydrogen) atoms. The van der Waals surface area contributed by atoms with Crippen molar-refractivity contribution in [1.29, 1.82) is 0 Å². The summed E-state index contributed by atoms with van der Waals surface area (Å²) in [6, 6.07) is 0. The summed E-state index contributed by atoms with van der Waals surface area (Å²) in [4.78, 5) is 36.9. The summed E-state index contributed by atoms with van der Waals surface area (Å²) >= 11 is 0. The molecule has 142 valence electrons. The summed E-state index contributed by atoms with van der Waals surface area (Å²) in [5, 5.41) is 7.58.